The Morgan fingerprint density at radius 2 is 1.92 bits per heavy atom. The number of aliphatic carboxylic acids is 1. The molecule has 2 rings (SSSR count). The third-order valence-corrected chi connectivity index (χ3v) is 6.72. The normalized spacial score (nSPS) is 19.9. The van der Waals surface area contributed by atoms with Gasteiger partial charge in [-0.2, -0.15) is 0 Å². The second-order valence-electron chi connectivity index (χ2n) is 5.99. The Balaban J connectivity index is 2.12. The Labute approximate surface area is 155 Å². The average molecular weight is 400 g/mol. The van der Waals surface area contributed by atoms with Crippen molar-refractivity contribution in [1.82, 2.24) is 14.9 Å². The van der Waals surface area contributed by atoms with E-state index in [9.17, 15) is 18.0 Å². The molecule has 1 atom stereocenters. The number of amidine groups is 1. The number of nitrogens with one attached hydrogen (secondary N) is 2. The summed E-state index contributed by atoms with van der Waals surface area (Å²) in [7, 11) is -0.562. The van der Waals surface area contributed by atoms with Crippen molar-refractivity contribution in [1.29, 1.82) is 0 Å². The Morgan fingerprint density at radius 3 is 2.46 bits per heavy atom. The molecule has 1 aromatic carbocycles. The number of rotatable bonds is 5. The van der Waals surface area contributed by atoms with Gasteiger partial charge in [-0.1, -0.05) is 23.9 Å². The predicted molar refractivity (Wildman–Crippen MR) is 98.7 cm³/mol. The molecule has 2 amide bonds. The Morgan fingerprint density at radius 1 is 1.31 bits per heavy atom. The molecular formula is C15H20N4O5S2. The fourth-order valence-electron chi connectivity index (χ4n) is 2.20. The van der Waals surface area contributed by atoms with Crippen LogP contribution in [0.1, 0.15) is 12.5 Å². The second kappa shape index (κ2) is 7.64. The minimum absolute atomic E-state index is 0.191. The zero-order chi connectivity index (χ0) is 19.5. The lowest BCUT2D eigenvalue weighted by atomic mass is 9.95. The molecule has 26 heavy (non-hydrogen) atoms. The van der Waals surface area contributed by atoms with E-state index in [0.29, 0.717) is 10.9 Å². The van der Waals surface area contributed by atoms with Crippen molar-refractivity contribution in [3.63, 3.8) is 0 Å². The van der Waals surface area contributed by atoms with Gasteiger partial charge >= 0.3 is 12.0 Å². The fraction of sp³-hybridized carbons (Fsp3) is 0.400. The van der Waals surface area contributed by atoms with Crippen molar-refractivity contribution in [3.8, 4) is 0 Å². The van der Waals surface area contributed by atoms with Gasteiger partial charge in [0.25, 0.3) is 0 Å². The molecule has 0 aliphatic carbocycles. The molecule has 1 heterocycles. The average Bonchev–Trinajstić information content (AvgIpc) is 2.95. The molecule has 1 aromatic rings. The van der Waals surface area contributed by atoms with E-state index in [1.807, 2.05) is 6.92 Å². The minimum Gasteiger partial charge on any atom is -0.480 e. The van der Waals surface area contributed by atoms with Gasteiger partial charge in [0.2, 0.25) is 10.0 Å². The van der Waals surface area contributed by atoms with E-state index in [1.165, 1.54) is 38.0 Å². The Bertz CT molecular complexity index is 836. The van der Waals surface area contributed by atoms with Gasteiger partial charge in [-0.25, -0.2) is 17.5 Å². The molecule has 0 unspecified atom stereocenters. The molecule has 0 saturated carbocycles. The van der Waals surface area contributed by atoms with Crippen LogP contribution in [0.5, 0.6) is 0 Å². The van der Waals surface area contributed by atoms with Gasteiger partial charge in [-0.15, -0.1) is 0 Å². The van der Waals surface area contributed by atoms with Crippen molar-refractivity contribution in [2.45, 2.75) is 17.4 Å². The summed E-state index contributed by atoms with van der Waals surface area (Å²) >= 11 is 1.33. The predicted octanol–water partition coefficient (Wildman–Crippen LogP) is 0.639. The van der Waals surface area contributed by atoms with Crippen LogP contribution in [0.2, 0.25) is 0 Å². The van der Waals surface area contributed by atoms with Gasteiger partial charge < -0.3 is 10.4 Å². The first kappa shape index (κ1) is 20.2. The van der Waals surface area contributed by atoms with Crippen molar-refractivity contribution >= 4 is 39.0 Å². The second-order valence-corrected chi connectivity index (χ2v) is 9.11. The highest BCUT2D eigenvalue weighted by Crippen LogP contribution is 2.36. The number of carboxylic acids is 1. The standard InChI is InChI=1S/C15H20N4O5S2/c1-15(9-25-14(18-15)17-13(22)16-8-12(20)21)10-4-6-11(7-5-10)26(23,24)19(2)3/h4-7H,8-9H2,1-3H3,(H,20,21)(H2,16,17,18,22)/t15-/m1/s1. The summed E-state index contributed by atoms with van der Waals surface area (Å²) in [6, 6.07) is 5.82. The number of carbonyl (C=O) groups is 2. The van der Waals surface area contributed by atoms with Crippen LogP contribution < -0.4 is 10.6 Å². The molecule has 0 radical (unpaired) electrons. The maximum absolute atomic E-state index is 12.1. The van der Waals surface area contributed by atoms with Gasteiger partial charge in [0.15, 0.2) is 5.17 Å². The van der Waals surface area contributed by atoms with E-state index in [4.69, 9.17) is 5.11 Å². The first-order chi connectivity index (χ1) is 12.0. The first-order valence-corrected chi connectivity index (χ1v) is 9.99. The number of nitrogens with zero attached hydrogens (tertiary/aromatic N) is 2. The van der Waals surface area contributed by atoms with E-state index in [1.54, 1.807) is 12.1 Å². The van der Waals surface area contributed by atoms with Gasteiger partial charge in [-0.3, -0.25) is 15.1 Å². The number of sulfonamides is 1. The third-order valence-electron chi connectivity index (χ3n) is 3.71. The van der Waals surface area contributed by atoms with E-state index >= 15 is 0 Å². The van der Waals surface area contributed by atoms with Crippen LogP contribution >= 0.6 is 11.8 Å². The summed E-state index contributed by atoms with van der Waals surface area (Å²) < 4.78 is 25.4. The van der Waals surface area contributed by atoms with E-state index in [0.717, 1.165) is 9.87 Å². The molecule has 0 fully saturated rings. The lowest BCUT2D eigenvalue weighted by molar-refractivity contribution is -0.135. The zero-order valence-electron chi connectivity index (χ0n) is 14.5. The molecule has 0 saturated heterocycles. The largest absolute Gasteiger partial charge is 0.480 e. The molecule has 9 nitrogen and oxygen atoms in total. The van der Waals surface area contributed by atoms with Crippen molar-refractivity contribution < 1.29 is 23.1 Å². The lowest BCUT2D eigenvalue weighted by Gasteiger charge is -2.20. The zero-order valence-corrected chi connectivity index (χ0v) is 16.1. The number of hydrogen-bond donors (Lipinski definition) is 3. The summed E-state index contributed by atoms with van der Waals surface area (Å²) in [5.41, 5.74) is 0.186. The lowest BCUT2D eigenvalue weighted by Crippen LogP contribution is -2.40. The summed E-state index contributed by atoms with van der Waals surface area (Å²) in [6.45, 7) is 1.39. The molecule has 142 valence electrons. The quantitative estimate of drug-likeness (QED) is 0.665. The number of carboxylic acid groups (broad SMARTS) is 1. The molecule has 0 spiro atoms. The van der Waals surface area contributed by atoms with Gasteiger partial charge in [0, 0.05) is 19.8 Å². The summed E-state index contributed by atoms with van der Waals surface area (Å²) in [6.07, 6.45) is 0. The highest BCUT2D eigenvalue weighted by atomic mass is 32.2. The number of benzene rings is 1. The van der Waals surface area contributed by atoms with Gasteiger partial charge in [-0.05, 0) is 24.6 Å². The number of aliphatic imine (C=N–C) groups is 1. The molecule has 1 aliphatic rings. The van der Waals surface area contributed by atoms with Crippen LogP contribution in [0.25, 0.3) is 0 Å². The molecule has 0 bridgehead atoms. The third kappa shape index (κ3) is 4.54. The Kier molecular flexibility index (Phi) is 5.94. The Hall–Kier alpha value is -2.11. The fourth-order valence-corrected chi connectivity index (χ4v) is 4.19. The van der Waals surface area contributed by atoms with Crippen LogP contribution in [0.15, 0.2) is 34.2 Å². The molecular weight excluding hydrogens is 380 g/mol. The summed E-state index contributed by atoms with van der Waals surface area (Å²) in [5.74, 6) is -0.583. The van der Waals surface area contributed by atoms with Crippen LogP contribution in [0, 0.1) is 0 Å². The van der Waals surface area contributed by atoms with Crippen molar-refractivity contribution in [2.24, 2.45) is 4.99 Å². The van der Waals surface area contributed by atoms with Crippen LogP contribution in [-0.2, 0) is 20.4 Å². The number of thioether (sulfide) groups is 1. The number of amides is 2. The SMILES string of the molecule is CN(C)S(=O)(=O)c1ccc([C@@]2(C)CSC(NC(=O)NCC(=O)O)=N2)cc1. The minimum atomic E-state index is -3.50. The maximum Gasteiger partial charge on any atom is 0.323 e. The number of carbonyl (C=O) groups excluding carboxylic acids is 1. The smallest absolute Gasteiger partial charge is 0.323 e. The topological polar surface area (TPSA) is 128 Å². The highest BCUT2D eigenvalue weighted by molar-refractivity contribution is 8.14. The van der Waals surface area contributed by atoms with E-state index < -0.39 is 34.1 Å². The molecule has 11 heteroatoms. The van der Waals surface area contributed by atoms with Gasteiger partial charge in [0.05, 0.1) is 10.4 Å². The summed E-state index contributed by atoms with van der Waals surface area (Å²) in [4.78, 5) is 26.7. The van der Waals surface area contributed by atoms with Crippen molar-refractivity contribution in [3.05, 3.63) is 29.8 Å². The molecule has 3 N–H and O–H groups in total. The molecule has 0 aromatic heterocycles. The van der Waals surface area contributed by atoms with E-state index in [-0.39, 0.29) is 4.90 Å². The van der Waals surface area contributed by atoms with Crippen LogP contribution in [0.3, 0.4) is 0 Å². The van der Waals surface area contributed by atoms with E-state index in [2.05, 4.69) is 15.6 Å². The number of urea groups is 1. The first-order valence-electron chi connectivity index (χ1n) is 7.57. The summed E-state index contributed by atoms with van der Waals surface area (Å²) in [5, 5.41) is 13.6. The van der Waals surface area contributed by atoms with Gasteiger partial charge in [0.1, 0.15) is 6.54 Å². The maximum atomic E-state index is 12.1. The van der Waals surface area contributed by atoms with Crippen LogP contribution in [-0.4, -0.2) is 61.4 Å². The van der Waals surface area contributed by atoms with Crippen molar-refractivity contribution in [2.75, 3.05) is 26.4 Å². The monoisotopic (exact) mass is 400 g/mol. The molecule has 1 aliphatic heterocycles. The highest BCUT2D eigenvalue weighted by Gasteiger charge is 2.33. The van der Waals surface area contributed by atoms with Crippen LogP contribution in [0.4, 0.5) is 4.79 Å². The number of hydrogen-bond acceptors (Lipinski definition) is 6.